The number of carbonyl (C=O) groups is 2. The highest BCUT2D eigenvalue weighted by molar-refractivity contribution is 7.99. The van der Waals surface area contributed by atoms with E-state index in [2.05, 4.69) is 17.1 Å². The van der Waals surface area contributed by atoms with Crippen LogP contribution in [-0.4, -0.2) is 63.9 Å². The molecule has 1 amide bonds. The number of aliphatic hydroxyl groups excluding tert-OH is 2. The maximum atomic E-state index is 12.2. The molecule has 36 heavy (non-hydrogen) atoms. The molecule has 4 atom stereocenters. The van der Waals surface area contributed by atoms with Gasteiger partial charge in [-0.15, -0.1) is 10.1 Å². The number of nitrogens with one attached hydrogen (secondary N) is 1. The van der Waals surface area contributed by atoms with Crippen molar-refractivity contribution in [2.24, 2.45) is 11.8 Å². The van der Waals surface area contributed by atoms with Crippen molar-refractivity contribution in [3.05, 3.63) is 22.3 Å². The molecule has 3 N–H and O–H groups in total. The normalized spacial score (nSPS) is 21.6. The van der Waals surface area contributed by atoms with Gasteiger partial charge in [0.2, 0.25) is 5.91 Å². The molecule has 0 unspecified atom stereocenters. The molecule has 0 aromatic carbocycles. The largest absolute Gasteiger partial charge is 0.393 e. The van der Waals surface area contributed by atoms with Gasteiger partial charge in [0.05, 0.1) is 12.2 Å². The van der Waals surface area contributed by atoms with E-state index < -0.39 is 17.3 Å². The lowest BCUT2D eigenvalue weighted by atomic mass is 9.86. The Labute approximate surface area is 219 Å². The number of Topliss-reactive ketones (excluding diaryl/α,β-unsaturated/α-hetero) is 1. The first-order valence-electron chi connectivity index (χ1n) is 13.5. The third kappa shape index (κ3) is 15.5. The summed E-state index contributed by atoms with van der Waals surface area (Å²) in [6.45, 7) is 2.74. The number of aliphatic hydroxyl groups is 2. The minimum absolute atomic E-state index is 0.0185. The van der Waals surface area contributed by atoms with E-state index in [0.29, 0.717) is 56.6 Å². The molecular weight excluding hydrogens is 484 g/mol. The zero-order valence-corrected chi connectivity index (χ0v) is 22.6. The number of amides is 1. The van der Waals surface area contributed by atoms with Crippen LogP contribution >= 0.6 is 11.8 Å². The number of rotatable bonds is 22. The Balaban J connectivity index is 2.17. The molecule has 10 heteroatoms. The van der Waals surface area contributed by atoms with Crippen LogP contribution in [0.5, 0.6) is 0 Å². The topological polar surface area (TPSA) is 139 Å². The highest BCUT2D eigenvalue weighted by Crippen LogP contribution is 2.38. The lowest BCUT2D eigenvalue weighted by Crippen LogP contribution is -2.25. The van der Waals surface area contributed by atoms with E-state index in [0.717, 1.165) is 25.7 Å². The van der Waals surface area contributed by atoms with E-state index in [1.54, 1.807) is 0 Å². The summed E-state index contributed by atoms with van der Waals surface area (Å²) >= 11 is 1.48. The Morgan fingerprint density at radius 1 is 1.03 bits per heavy atom. The van der Waals surface area contributed by atoms with Crippen LogP contribution in [0, 0.1) is 22.0 Å². The highest BCUT2D eigenvalue weighted by Gasteiger charge is 2.40. The predicted molar refractivity (Wildman–Crippen MR) is 142 cm³/mol. The van der Waals surface area contributed by atoms with Crippen molar-refractivity contribution in [2.45, 2.75) is 103 Å². The number of hydrogen-bond donors (Lipinski definition) is 3. The number of ketones is 1. The molecule has 0 bridgehead atoms. The summed E-state index contributed by atoms with van der Waals surface area (Å²) in [5.74, 6) is 1.33. The average molecular weight is 531 g/mol. The second-order valence-electron chi connectivity index (χ2n) is 9.56. The molecule has 0 heterocycles. The molecule has 208 valence electrons. The summed E-state index contributed by atoms with van der Waals surface area (Å²) in [5, 5.41) is 32.8. The number of hydrogen-bond acceptors (Lipinski definition) is 8. The van der Waals surface area contributed by atoms with Gasteiger partial charge < -0.3 is 20.4 Å². The minimum Gasteiger partial charge on any atom is -0.393 e. The van der Waals surface area contributed by atoms with Gasteiger partial charge in [-0.05, 0) is 50.4 Å². The Morgan fingerprint density at radius 3 is 2.53 bits per heavy atom. The zero-order valence-electron chi connectivity index (χ0n) is 21.8. The van der Waals surface area contributed by atoms with E-state index in [9.17, 15) is 29.9 Å². The molecular formula is C26H46N2O7S. The van der Waals surface area contributed by atoms with Crippen LogP contribution in [0.2, 0.25) is 0 Å². The van der Waals surface area contributed by atoms with Gasteiger partial charge in [-0.2, -0.15) is 11.8 Å². The maximum Gasteiger partial charge on any atom is 0.294 e. The Morgan fingerprint density at radius 2 is 1.78 bits per heavy atom. The molecule has 1 rings (SSSR count). The van der Waals surface area contributed by atoms with Gasteiger partial charge >= 0.3 is 0 Å². The molecule has 1 saturated carbocycles. The van der Waals surface area contributed by atoms with Crippen molar-refractivity contribution in [1.82, 2.24) is 5.32 Å². The number of thioether (sulfide) groups is 1. The van der Waals surface area contributed by atoms with Crippen molar-refractivity contribution in [3.63, 3.8) is 0 Å². The first-order chi connectivity index (χ1) is 17.3. The Kier molecular flexibility index (Phi) is 18.4. The first kappa shape index (κ1) is 32.4. The quantitative estimate of drug-likeness (QED) is 0.0818. The van der Waals surface area contributed by atoms with Crippen LogP contribution in [0.4, 0.5) is 0 Å². The van der Waals surface area contributed by atoms with Crippen LogP contribution in [0.25, 0.3) is 0 Å². The molecule has 1 aliphatic rings. The number of carbonyl (C=O) groups excluding carboxylic acids is 2. The van der Waals surface area contributed by atoms with E-state index >= 15 is 0 Å². The number of unbranched alkanes of at least 4 members (excludes halogenated alkanes) is 5. The summed E-state index contributed by atoms with van der Waals surface area (Å²) in [5.41, 5.74) is 0. The molecule has 0 saturated heterocycles. The fraction of sp³-hybridized carbons (Fsp3) is 0.846. The fourth-order valence-electron chi connectivity index (χ4n) is 4.66. The lowest BCUT2D eigenvalue weighted by Gasteiger charge is -2.22. The SMILES string of the molecule is CCCCCCCC(=O)CC[C@@H]1[C@@H](CC=CCCCC(=O)NCCSCCO[N+](=O)[O-])[C@@H](O)C[C@H]1O. The van der Waals surface area contributed by atoms with Gasteiger partial charge in [0, 0.05) is 37.3 Å². The molecule has 0 aromatic heterocycles. The van der Waals surface area contributed by atoms with Crippen molar-refractivity contribution in [2.75, 3.05) is 24.7 Å². The predicted octanol–water partition coefficient (Wildman–Crippen LogP) is 4.23. The summed E-state index contributed by atoms with van der Waals surface area (Å²) in [4.78, 5) is 38.4. The minimum atomic E-state index is -0.811. The lowest BCUT2D eigenvalue weighted by molar-refractivity contribution is -0.756. The van der Waals surface area contributed by atoms with Crippen LogP contribution < -0.4 is 5.32 Å². The first-order valence-corrected chi connectivity index (χ1v) is 14.6. The van der Waals surface area contributed by atoms with Crippen molar-refractivity contribution in [3.8, 4) is 0 Å². The number of nitrogens with zero attached hydrogens (tertiary/aromatic N) is 1. The van der Waals surface area contributed by atoms with Gasteiger partial charge in [-0.1, -0.05) is 44.8 Å². The van der Waals surface area contributed by atoms with E-state index in [4.69, 9.17) is 0 Å². The second-order valence-corrected chi connectivity index (χ2v) is 10.8. The van der Waals surface area contributed by atoms with Crippen molar-refractivity contribution >= 4 is 23.5 Å². The third-order valence-corrected chi connectivity index (χ3v) is 7.63. The molecule has 0 aromatic rings. The molecule has 0 spiro atoms. The van der Waals surface area contributed by atoms with Crippen molar-refractivity contribution in [1.29, 1.82) is 0 Å². The van der Waals surface area contributed by atoms with Gasteiger partial charge in [0.25, 0.3) is 5.09 Å². The van der Waals surface area contributed by atoms with Gasteiger partial charge in [-0.3, -0.25) is 9.59 Å². The maximum absolute atomic E-state index is 12.2. The highest BCUT2D eigenvalue weighted by atomic mass is 32.2. The Bertz CT molecular complexity index is 662. The van der Waals surface area contributed by atoms with Crippen LogP contribution in [0.15, 0.2) is 12.2 Å². The summed E-state index contributed by atoms with van der Waals surface area (Å²) in [7, 11) is 0. The second kappa shape index (κ2) is 20.4. The van der Waals surface area contributed by atoms with E-state index in [-0.39, 0.29) is 30.1 Å². The summed E-state index contributed by atoms with van der Waals surface area (Å²) in [6.07, 6.45) is 13.2. The van der Waals surface area contributed by atoms with Gasteiger partial charge in [0.1, 0.15) is 12.4 Å². The van der Waals surface area contributed by atoms with E-state index in [1.807, 2.05) is 12.2 Å². The van der Waals surface area contributed by atoms with Crippen LogP contribution in [-0.2, 0) is 14.4 Å². The van der Waals surface area contributed by atoms with E-state index in [1.165, 1.54) is 31.0 Å². The Hall–Kier alpha value is -1.65. The third-order valence-electron chi connectivity index (χ3n) is 6.68. The van der Waals surface area contributed by atoms with Crippen LogP contribution in [0.3, 0.4) is 0 Å². The molecule has 0 radical (unpaired) electrons. The van der Waals surface area contributed by atoms with Crippen molar-refractivity contribution < 1.29 is 29.7 Å². The zero-order chi connectivity index (χ0) is 26.6. The average Bonchev–Trinajstić information content (AvgIpc) is 3.10. The fourth-order valence-corrected chi connectivity index (χ4v) is 5.30. The van der Waals surface area contributed by atoms with Crippen LogP contribution in [0.1, 0.15) is 90.4 Å². The number of allylic oxidation sites excluding steroid dienone is 2. The molecule has 9 nitrogen and oxygen atoms in total. The molecule has 1 fully saturated rings. The molecule has 0 aliphatic heterocycles. The van der Waals surface area contributed by atoms with Gasteiger partial charge in [0.15, 0.2) is 0 Å². The summed E-state index contributed by atoms with van der Waals surface area (Å²) < 4.78 is 0. The standard InChI is InChI=1S/C26H46N2O7S/c1-2-3-4-5-8-11-21(29)14-15-23-22(24(30)20-25(23)31)12-9-6-7-10-13-26(32)27-16-18-36-19-17-35-28(33)34/h6,9,22-25,30-31H,2-5,7-8,10-20H2,1H3,(H,27,32)/t22-,23-,24+,25-/m1/s1. The monoisotopic (exact) mass is 530 g/mol. The smallest absolute Gasteiger partial charge is 0.294 e. The molecule has 1 aliphatic carbocycles. The summed E-state index contributed by atoms with van der Waals surface area (Å²) in [6, 6.07) is 0. The van der Waals surface area contributed by atoms with Gasteiger partial charge in [-0.25, -0.2) is 0 Å².